The quantitative estimate of drug-likeness (QED) is 0.167. The fraction of sp³-hybridized carbons (Fsp3) is 0.633. The Labute approximate surface area is 193 Å². The van der Waals surface area contributed by atoms with E-state index in [0.717, 1.165) is 6.42 Å². The Hall–Kier alpha value is -1.63. The van der Waals surface area contributed by atoms with Crippen LogP contribution in [0, 0.1) is 0 Å². The van der Waals surface area contributed by atoms with Gasteiger partial charge in [-0.25, -0.2) is 0 Å². The maximum absolute atomic E-state index is 2.37. The second-order valence-electron chi connectivity index (χ2n) is 9.33. The molecule has 31 heavy (non-hydrogen) atoms. The van der Waals surface area contributed by atoms with Gasteiger partial charge in [0.1, 0.15) is 0 Å². The Morgan fingerprint density at radius 1 is 0.581 bits per heavy atom. The lowest BCUT2D eigenvalue weighted by molar-refractivity contribution is -0.714. The van der Waals surface area contributed by atoms with Crippen molar-refractivity contribution in [3.8, 4) is 0 Å². The van der Waals surface area contributed by atoms with Crippen LogP contribution >= 0.6 is 0 Å². The van der Waals surface area contributed by atoms with Crippen molar-refractivity contribution >= 4 is 0 Å². The summed E-state index contributed by atoms with van der Waals surface area (Å²) in [6, 6.07) is 16.0. The van der Waals surface area contributed by atoms with Gasteiger partial charge in [0.2, 0.25) is 0 Å². The van der Waals surface area contributed by atoms with Crippen LogP contribution in [0.15, 0.2) is 54.9 Å². The molecule has 1 heteroatoms. The van der Waals surface area contributed by atoms with E-state index in [-0.39, 0.29) is 0 Å². The zero-order valence-electron chi connectivity index (χ0n) is 20.5. The molecule has 1 heterocycles. The van der Waals surface area contributed by atoms with E-state index in [1.807, 2.05) is 0 Å². The minimum absolute atomic E-state index is 0.441. The Morgan fingerprint density at radius 2 is 1.06 bits per heavy atom. The van der Waals surface area contributed by atoms with Crippen LogP contribution < -0.4 is 4.57 Å². The van der Waals surface area contributed by atoms with Crippen molar-refractivity contribution in [2.75, 3.05) is 0 Å². The van der Waals surface area contributed by atoms with Crippen molar-refractivity contribution in [1.29, 1.82) is 0 Å². The Kier molecular flexibility index (Phi) is 14.0. The third-order valence-corrected chi connectivity index (χ3v) is 6.67. The van der Waals surface area contributed by atoms with Gasteiger partial charge >= 0.3 is 0 Å². The van der Waals surface area contributed by atoms with Crippen LogP contribution in [0.2, 0.25) is 0 Å². The van der Waals surface area contributed by atoms with Crippen molar-refractivity contribution < 1.29 is 4.57 Å². The Balaban J connectivity index is 1.50. The maximum Gasteiger partial charge on any atom is 0.183 e. The largest absolute Gasteiger partial charge is 0.198 e. The summed E-state index contributed by atoms with van der Waals surface area (Å²) >= 11 is 0. The van der Waals surface area contributed by atoms with Gasteiger partial charge in [0.15, 0.2) is 18.4 Å². The predicted octanol–water partition coefficient (Wildman–Crippen LogP) is 9.00. The van der Waals surface area contributed by atoms with Gasteiger partial charge in [-0.05, 0) is 18.4 Å². The number of nitrogens with zero attached hydrogens (tertiary/aromatic N) is 1. The first-order valence-electron chi connectivity index (χ1n) is 13.4. The van der Waals surface area contributed by atoms with Crippen molar-refractivity contribution in [3.05, 3.63) is 66.0 Å². The molecule has 0 aliphatic heterocycles. The van der Waals surface area contributed by atoms with E-state index in [9.17, 15) is 0 Å². The molecule has 172 valence electrons. The van der Waals surface area contributed by atoms with Crippen molar-refractivity contribution in [2.24, 2.45) is 0 Å². The smallest absolute Gasteiger partial charge is 0.183 e. The number of rotatable bonds is 18. The number of unbranched alkanes of at least 4 members (excludes halogenated alkanes) is 13. The van der Waals surface area contributed by atoms with Gasteiger partial charge in [0, 0.05) is 24.1 Å². The number of hydrogen-bond acceptors (Lipinski definition) is 0. The molecule has 0 saturated heterocycles. The number of benzene rings is 1. The molecule has 1 unspecified atom stereocenters. The van der Waals surface area contributed by atoms with Crippen LogP contribution in [-0.4, -0.2) is 0 Å². The fourth-order valence-corrected chi connectivity index (χ4v) is 4.66. The van der Waals surface area contributed by atoms with E-state index < -0.39 is 0 Å². The minimum Gasteiger partial charge on any atom is -0.198 e. The number of hydrogen-bond donors (Lipinski definition) is 0. The summed E-state index contributed by atoms with van der Waals surface area (Å²) in [5.41, 5.74) is 2.88. The zero-order valence-corrected chi connectivity index (χ0v) is 20.5. The first kappa shape index (κ1) is 25.6. The lowest BCUT2D eigenvalue weighted by Gasteiger charge is -2.11. The standard InChI is InChI=1S/C30H48N/c1-3-5-6-7-8-9-10-11-12-13-14-15-16-18-21-28-24-26-31(27-25-28)30(4-2)29-22-19-17-20-23-29/h17,19-20,22-27,30H,3-16,18,21H2,1-2H3/q+1. The maximum atomic E-state index is 2.37. The van der Waals surface area contributed by atoms with E-state index >= 15 is 0 Å². The summed E-state index contributed by atoms with van der Waals surface area (Å²) in [5, 5.41) is 0. The summed E-state index contributed by atoms with van der Waals surface area (Å²) in [4.78, 5) is 0. The zero-order chi connectivity index (χ0) is 22.0. The minimum atomic E-state index is 0.441. The van der Waals surface area contributed by atoms with Crippen molar-refractivity contribution in [1.82, 2.24) is 0 Å². The van der Waals surface area contributed by atoms with E-state index in [0.29, 0.717) is 6.04 Å². The molecule has 2 aromatic rings. The molecular weight excluding hydrogens is 374 g/mol. The van der Waals surface area contributed by atoms with Crippen LogP contribution in [0.4, 0.5) is 0 Å². The molecule has 0 spiro atoms. The number of aryl methyl sites for hydroxylation is 1. The van der Waals surface area contributed by atoms with E-state index in [1.54, 1.807) is 0 Å². The highest BCUT2D eigenvalue weighted by atomic mass is 15.0. The summed E-state index contributed by atoms with van der Waals surface area (Å²) in [6.45, 7) is 4.57. The van der Waals surface area contributed by atoms with E-state index in [1.165, 1.54) is 107 Å². The fourth-order valence-electron chi connectivity index (χ4n) is 4.66. The molecule has 0 fully saturated rings. The molecule has 0 saturated carbocycles. The highest BCUT2D eigenvalue weighted by Gasteiger charge is 2.17. The lowest BCUT2D eigenvalue weighted by atomic mass is 10.0. The molecular formula is C30H48N+. The Bertz CT molecular complexity index is 646. The van der Waals surface area contributed by atoms with Gasteiger partial charge in [0.25, 0.3) is 0 Å². The summed E-state index contributed by atoms with van der Waals surface area (Å²) in [5.74, 6) is 0. The van der Waals surface area contributed by atoms with Crippen molar-refractivity contribution in [3.63, 3.8) is 0 Å². The third-order valence-electron chi connectivity index (χ3n) is 6.67. The highest BCUT2D eigenvalue weighted by molar-refractivity contribution is 5.17. The molecule has 0 radical (unpaired) electrons. The molecule has 1 aromatic heterocycles. The average molecular weight is 423 g/mol. The van der Waals surface area contributed by atoms with Gasteiger partial charge < -0.3 is 0 Å². The second kappa shape index (κ2) is 17.0. The lowest BCUT2D eigenvalue weighted by Crippen LogP contribution is -2.39. The summed E-state index contributed by atoms with van der Waals surface area (Å²) in [7, 11) is 0. The summed E-state index contributed by atoms with van der Waals surface area (Å²) in [6.07, 6.45) is 26.9. The number of aromatic nitrogens is 1. The van der Waals surface area contributed by atoms with Gasteiger partial charge in [-0.3, -0.25) is 0 Å². The molecule has 0 bridgehead atoms. The number of pyridine rings is 1. The molecule has 1 atom stereocenters. The van der Waals surface area contributed by atoms with Crippen LogP contribution in [0.3, 0.4) is 0 Å². The van der Waals surface area contributed by atoms with E-state index in [4.69, 9.17) is 0 Å². The van der Waals surface area contributed by atoms with Gasteiger partial charge in [-0.1, -0.05) is 128 Å². The second-order valence-corrected chi connectivity index (χ2v) is 9.33. The molecule has 2 rings (SSSR count). The van der Waals surface area contributed by atoms with Gasteiger partial charge in [-0.2, -0.15) is 4.57 Å². The molecule has 1 aromatic carbocycles. The normalized spacial score (nSPS) is 12.2. The van der Waals surface area contributed by atoms with Crippen LogP contribution in [0.1, 0.15) is 127 Å². The van der Waals surface area contributed by atoms with Gasteiger partial charge in [-0.15, -0.1) is 0 Å². The van der Waals surface area contributed by atoms with Gasteiger partial charge in [0.05, 0.1) is 0 Å². The van der Waals surface area contributed by atoms with E-state index in [2.05, 4.69) is 73.3 Å². The van der Waals surface area contributed by atoms with Crippen LogP contribution in [-0.2, 0) is 6.42 Å². The molecule has 0 aliphatic carbocycles. The third kappa shape index (κ3) is 11.0. The van der Waals surface area contributed by atoms with Crippen molar-refractivity contribution in [2.45, 2.75) is 123 Å². The molecule has 0 aliphatic rings. The van der Waals surface area contributed by atoms with Crippen LogP contribution in [0.25, 0.3) is 0 Å². The Morgan fingerprint density at radius 3 is 1.55 bits per heavy atom. The molecule has 1 nitrogen and oxygen atoms in total. The summed E-state index contributed by atoms with van der Waals surface area (Å²) < 4.78 is 2.37. The molecule has 0 amide bonds. The average Bonchev–Trinajstić information content (AvgIpc) is 2.81. The monoisotopic (exact) mass is 422 g/mol. The highest BCUT2D eigenvalue weighted by Crippen LogP contribution is 2.16. The topological polar surface area (TPSA) is 3.88 Å². The SMILES string of the molecule is CCCCCCCCCCCCCCCCc1cc[n+](C(CC)c2ccccc2)cc1. The molecule has 0 N–H and O–H groups in total. The van der Waals surface area contributed by atoms with Crippen LogP contribution in [0.5, 0.6) is 0 Å². The predicted molar refractivity (Wildman–Crippen MR) is 136 cm³/mol. The first-order chi connectivity index (χ1) is 15.3. The first-order valence-corrected chi connectivity index (χ1v) is 13.4.